The molecule has 2 fully saturated rings. The van der Waals surface area contributed by atoms with Crippen LogP contribution in [-0.2, 0) is 19.6 Å². The number of aryl methyl sites for hydroxylation is 1. The molecule has 0 saturated heterocycles. The lowest BCUT2D eigenvalue weighted by molar-refractivity contribution is 0.272. The van der Waals surface area contributed by atoms with E-state index in [0.717, 1.165) is 46.6 Å². The highest BCUT2D eigenvalue weighted by molar-refractivity contribution is 7.18. The monoisotopic (exact) mass is 390 g/mol. The highest BCUT2D eigenvalue weighted by Crippen LogP contribution is 2.46. The van der Waals surface area contributed by atoms with E-state index in [-0.39, 0.29) is 16.7 Å². The molecule has 2 aliphatic rings. The minimum absolute atomic E-state index is 0.105. The molecule has 2 saturated carbocycles. The van der Waals surface area contributed by atoms with E-state index >= 15 is 0 Å². The van der Waals surface area contributed by atoms with E-state index in [4.69, 9.17) is 5.73 Å². The molecular formula is C20H30N4O2S. The Morgan fingerprint density at radius 3 is 2.59 bits per heavy atom. The van der Waals surface area contributed by atoms with Crippen LogP contribution in [0.15, 0.2) is 9.59 Å². The van der Waals surface area contributed by atoms with Crippen LogP contribution in [0.1, 0.15) is 49.5 Å². The Morgan fingerprint density at radius 2 is 2.00 bits per heavy atom. The summed E-state index contributed by atoms with van der Waals surface area (Å²) in [5.74, 6) is 0.564. The van der Waals surface area contributed by atoms with E-state index in [1.54, 1.807) is 11.3 Å². The van der Waals surface area contributed by atoms with E-state index in [2.05, 4.69) is 12.2 Å². The molecule has 0 atom stereocenters. The molecule has 2 aromatic heterocycles. The van der Waals surface area contributed by atoms with Crippen LogP contribution in [0.3, 0.4) is 0 Å². The number of rotatable bonds is 8. The molecule has 27 heavy (non-hydrogen) atoms. The summed E-state index contributed by atoms with van der Waals surface area (Å²) in [6, 6.07) is 0. The van der Waals surface area contributed by atoms with Gasteiger partial charge < -0.3 is 11.1 Å². The molecule has 2 aromatic rings. The molecular weight excluding hydrogens is 360 g/mol. The summed E-state index contributed by atoms with van der Waals surface area (Å²) >= 11 is 1.59. The van der Waals surface area contributed by atoms with E-state index in [1.165, 1.54) is 23.8 Å². The Kier molecular flexibility index (Phi) is 5.03. The summed E-state index contributed by atoms with van der Waals surface area (Å²) in [5, 5.41) is 4.07. The summed E-state index contributed by atoms with van der Waals surface area (Å²) in [6.07, 6.45) is 5.80. The Labute approximate surface area is 163 Å². The third-order valence-electron chi connectivity index (χ3n) is 6.31. The SMILES string of the molecule is Cc1c(CNCCN)sc2c1c(=O)n(CC1(C)CC1)c(=O)n2CC1CCC1. The lowest BCUT2D eigenvalue weighted by atomic mass is 9.85. The third kappa shape index (κ3) is 3.52. The van der Waals surface area contributed by atoms with Gasteiger partial charge in [0.15, 0.2) is 0 Å². The normalized spacial score (nSPS) is 18.8. The fourth-order valence-corrected chi connectivity index (χ4v) is 5.17. The summed E-state index contributed by atoms with van der Waals surface area (Å²) in [7, 11) is 0. The largest absolute Gasteiger partial charge is 0.332 e. The molecule has 0 aromatic carbocycles. The van der Waals surface area contributed by atoms with E-state index < -0.39 is 0 Å². The molecule has 0 aliphatic heterocycles. The molecule has 3 N–H and O–H groups in total. The van der Waals surface area contributed by atoms with Gasteiger partial charge in [0.05, 0.1) is 5.39 Å². The average Bonchev–Trinajstić information content (AvgIpc) is 3.24. The van der Waals surface area contributed by atoms with E-state index in [9.17, 15) is 9.59 Å². The zero-order valence-corrected chi connectivity index (χ0v) is 17.2. The number of aromatic nitrogens is 2. The van der Waals surface area contributed by atoms with E-state index in [1.807, 2.05) is 11.5 Å². The van der Waals surface area contributed by atoms with Crippen LogP contribution in [-0.4, -0.2) is 22.2 Å². The van der Waals surface area contributed by atoms with Crippen molar-refractivity contribution in [3.8, 4) is 0 Å². The van der Waals surface area contributed by atoms with E-state index in [0.29, 0.717) is 25.6 Å². The topological polar surface area (TPSA) is 82.1 Å². The predicted octanol–water partition coefficient (Wildman–Crippen LogP) is 2.18. The molecule has 6 nitrogen and oxygen atoms in total. The number of fused-ring (bicyclic) bond motifs is 1. The Bertz CT molecular complexity index is 963. The van der Waals surface area contributed by atoms with Gasteiger partial charge in [-0.1, -0.05) is 13.3 Å². The minimum atomic E-state index is -0.116. The van der Waals surface area contributed by atoms with Crippen LogP contribution in [0, 0.1) is 18.3 Å². The first-order valence-corrected chi connectivity index (χ1v) is 10.9. The first-order valence-electron chi connectivity index (χ1n) is 10.1. The van der Waals surface area contributed by atoms with Gasteiger partial charge in [0, 0.05) is 37.6 Å². The maximum atomic E-state index is 13.3. The van der Waals surface area contributed by atoms with Crippen molar-refractivity contribution in [3.63, 3.8) is 0 Å². The number of nitrogens with one attached hydrogen (secondary N) is 1. The van der Waals surface area contributed by atoms with Gasteiger partial charge in [0.2, 0.25) is 0 Å². The number of nitrogens with two attached hydrogens (primary N) is 1. The Balaban J connectivity index is 1.84. The molecule has 0 radical (unpaired) electrons. The highest BCUT2D eigenvalue weighted by atomic mass is 32.1. The second-order valence-electron chi connectivity index (χ2n) is 8.69. The van der Waals surface area contributed by atoms with Crippen molar-refractivity contribution in [1.82, 2.24) is 14.5 Å². The minimum Gasteiger partial charge on any atom is -0.329 e. The standard InChI is InChI=1S/C20H30N4O2S/c1-13-15(10-22-9-8-21)27-18-16(13)17(25)24(12-20(2)6-7-20)19(26)23(18)11-14-4-3-5-14/h14,22H,3-12,21H2,1-2H3. The van der Waals surface area contributed by atoms with Crippen molar-refractivity contribution >= 4 is 21.6 Å². The van der Waals surface area contributed by atoms with Crippen LogP contribution in [0.25, 0.3) is 10.2 Å². The quantitative estimate of drug-likeness (QED) is 0.677. The summed E-state index contributed by atoms with van der Waals surface area (Å²) < 4.78 is 3.42. The average molecular weight is 391 g/mol. The van der Waals surface area contributed by atoms with Crippen LogP contribution < -0.4 is 22.3 Å². The highest BCUT2D eigenvalue weighted by Gasteiger charge is 2.39. The van der Waals surface area contributed by atoms with Crippen molar-refractivity contribution in [2.45, 2.75) is 65.6 Å². The maximum absolute atomic E-state index is 13.3. The smallest absolute Gasteiger partial charge is 0.329 e. The molecule has 7 heteroatoms. The number of hydrogen-bond donors (Lipinski definition) is 2. The molecule has 0 amide bonds. The van der Waals surface area contributed by atoms with Crippen LogP contribution >= 0.6 is 11.3 Å². The maximum Gasteiger partial charge on any atom is 0.332 e. The van der Waals surface area contributed by atoms with Gasteiger partial charge in [-0.2, -0.15) is 0 Å². The van der Waals surface area contributed by atoms with Gasteiger partial charge >= 0.3 is 5.69 Å². The summed E-state index contributed by atoms with van der Waals surface area (Å²) in [5.41, 5.74) is 6.48. The number of thiophene rings is 1. The lowest BCUT2D eigenvalue weighted by Gasteiger charge is -2.26. The van der Waals surface area contributed by atoms with Crippen molar-refractivity contribution in [2.24, 2.45) is 17.1 Å². The molecule has 0 bridgehead atoms. The van der Waals surface area contributed by atoms with Crippen molar-refractivity contribution < 1.29 is 0 Å². The first kappa shape index (κ1) is 18.9. The fraction of sp³-hybridized carbons (Fsp3) is 0.700. The molecule has 2 heterocycles. The second-order valence-corrected chi connectivity index (χ2v) is 9.77. The van der Waals surface area contributed by atoms with Gasteiger partial charge in [0.25, 0.3) is 5.56 Å². The Morgan fingerprint density at radius 1 is 1.26 bits per heavy atom. The second kappa shape index (κ2) is 7.18. The zero-order valence-electron chi connectivity index (χ0n) is 16.3. The number of hydrogen-bond acceptors (Lipinski definition) is 5. The molecule has 4 rings (SSSR count). The first-order chi connectivity index (χ1) is 12.9. The fourth-order valence-electron chi connectivity index (χ4n) is 3.90. The van der Waals surface area contributed by atoms with Gasteiger partial charge in [-0.05, 0) is 49.5 Å². The predicted molar refractivity (Wildman–Crippen MR) is 111 cm³/mol. The molecule has 148 valence electrons. The zero-order chi connectivity index (χ0) is 19.2. The van der Waals surface area contributed by atoms with Crippen LogP contribution in [0.2, 0.25) is 0 Å². The summed E-state index contributed by atoms with van der Waals surface area (Å²) in [6.45, 7) is 7.48. The third-order valence-corrected chi connectivity index (χ3v) is 7.62. The molecule has 2 aliphatic carbocycles. The Hall–Kier alpha value is -1.44. The van der Waals surface area contributed by atoms with Gasteiger partial charge in [0.1, 0.15) is 4.83 Å². The van der Waals surface area contributed by atoms with Crippen LogP contribution in [0.4, 0.5) is 0 Å². The molecule has 0 spiro atoms. The summed E-state index contributed by atoms with van der Waals surface area (Å²) in [4.78, 5) is 28.5. The molecule has 0 unspecified atom stereocenters. The van der Waals surface area contributed by atoms with Gasteiger partial charge in [-0.3, -0.25) is 13.9 Å². The van der Waals surface area contributed by atoms with Crippen molar-refractivity contribution in [1.29, 1.82) is 0 Å². The number of nitrogens with zero attached hydrogens (tertiary/aromatic N) is 2. The van der Waals surface area contributed by atoms with Crippen LogP contribution in [0.5, 0.6) is 0 Å². The van der Waals surface area contributed by atoms with Crippen molar-refractivity contribution in [2.75, 3.05) is 13.1 Å². The van der Waals surface area contributed by atoms with Gasteiger partial charge in [-0.25, -0.2) is 4.79 Å². The van der Waals surface area contributed by atoms with Crippen molar-refractivity contribution in [3.05, 3.63) is 31.3 Å². The van der Waals surface area contributed by atoms with Gasteiger partial charge in [-0.15, -0.1) is 11.3 Å². The lowest BCUT2D eigenvalue weighted by Crippen LogP contribution is -2.42.